The minimum Gasteiger partial charge on any atom is -0.476 e. The Bertz CT molecular complexity index is 240. The number of carboxylic acids is 2. The quantitative estimate of drug-likeness (QED) is 0.405. The second-order valence-electron chi connectivity index (χ2n) is 2.14. The number of aliphatic carboxylic acids is 2. The van der Waals surface area contributed by atoms with Crippen molar-refractivity contribution in [1.82, 2.24) is 0 Å². The van der Waals surface area contributed by atoms with E-state index in [0.717, 1.165) is 0 Å². The largest absolute Gasteiger partial charge is 0.476 e. The van der Waals surface area contributed by atoms with E-state index in [4.69, 9.17) is 10.2 Å². The van der Waals surface area contributed by atoms with E-state index < -0.39 is 33.9 Å². The highest BCUT2D eigenvalue weighted by Gasteiger charge is 2.52. The first-order chi connectivity index (χ1) is 6.29. The van der Waals surface area contributed by atoms with Gasteiger partial charge in [0.15, 0.2) is 0 Å². The zero-order valence-electron chi connectivity index (χ0n) is 6.39. The van der Waals surface area contributed by atoms with Gasteiger partial charge in [-0.1, -0.05) is 0 Å². The van der Waals surface area contributed by atoms with E-state index in [1.807, 2.05) is 0 Å². The molecule has 0 rings (SSSR count). The topological polar surface area (TPSA) is 161 Å². The number of carboxylic acid groups (broad SMARTS) is 2. The van der Waals surface area contributed by atoms with Crippen molar-refractivity contribution < 1.29 is 29.6 Å². The van der Waals surface area contributed by atoms with Gasteiger partial charge in [-0.25, -0.2) is 9.59 Å². The molecule has 2 N–H and O–H groups in total. The van der Waals surface area contributed by atoms with Crippen LogP contribution in [-0.2, 0) is 9.59 Å². The maximum absolute atomic E-state index is 10.2. The van der Waals surface area contributed by atoms with Crippen LogP contribution in [-0.4, -0.2) is 44.1 Å². The molecule has 0 aliphatic heterocycles. The number of rotatable bonds is 5. The summed E-state index contributed by atoms with van der Waals surface area (Å²) in [6, 6.07) is -5.58. The third-order valence-electron chi connectivity index (χ3n) is 1.26. The molecule has 0 amide bonds. The monoisotopic (exact) mass is 208 g/mol. The smallest absolute Gasteiger partial charge is 0.387 e. The molecule has 0 aliphatic rings. The molecule has 10 heteroatoms. The summed E-state index contributed by atoms with van der Waals surface area (Å²) in [5.41, 5.74) is 0. The summed E-state index contributed by atoms with van der Waals surface area (Å²) in [5.74, 6) is -4.34. The van der Waals surface area contributed by atoms with Crippen molar-refractivity contribution in [1.29, 1.82) is 0 Å². The summed E-state index contributed by atoms with van der Waals surface area (Å²) in [6.07, 6.45) is 0. The average Bonchev–Trinajstić information content (AvgIpc) is 1.96. The van der Waals surface area contributed by atoms with Crippen LogP contribution in [0.3, 0.4) is 0 Å². The minimum atomic E-state index is -2.79. The van der Waals surface area contributed by atoms with E-state index in [1.165, 1.54) is 0 Å². The highest BCUT2D eigenvalue weighted by Crippen LogP contribution is 2.03. The van der Waals surface area contributed by atoms with Crippen LogP contribution in [0.25, 0.3) is 0 Å². The average molecular weight is 208 g/mol. The molecule has 0 aromatic rings. The number of nitro groups is 2. The number of carbonyl (C=O) groups is 2. The number of hydrogen-bond donors (Lipinski definition) is 2. The zero-order chi connectivity index (χ0) is 11.5. The highest BCUT2D eigenvalue weighted by atomic mass is 16.7. The maximum Gasteiger partial charge on any atom is 0.387 e. The van der Waals surface area contributed by atoms with Crippen molar-refractivity contribution in [2.45, 2.75) is 12.1 Å². The highest BCUT2D eigenvalue weighted by molar-refractivity contribution is 5.83. The summed E-state index contributed by atoms with van der Waals surface area (Å²) < 4.78 is 0. The lowest BCUT2D eigenvalue weighted by molar-refractivity contribution is -0.597. The van der Waals surface area contributed by atoms with Crippen LogP contribution < -0.4 is 0 Å². The molecule has 0 fully saturated rings. The zero-order valence-corrected chi connectivity index (χ0v) is 6.39. The number of hydrogen-bond acceptors (Lipinski definition) is 6. The first kappa shape index (κ1) is 11.7. The second kappa shape index (κ2) is 4.11. The van der Waals surface area contributed by atoms with Crippen LogP contribution in [0.4, 0.5) is 0 Å². The maximum atomic E-state index is 10.2. The lowest BCUT2D eigenvalue weighted by Gasteiger charge is -2.06. The van der Waals surface area contributed by atoms with Gasteiger partial charge in [0, 0.05) is 9.85 Å². The van der Waals surface area contributed by atoms with E-state index in [9.17, 15) is 29.8 Å². The minimum absolute atomic E-state index is 1.52. The van der Waals surface area contributed by atoms with Crippen LogP contribution in [0.5, 0.6) is 0 Å². The first-order valence-electron chi connectivity index (χ1n) is 3.01. The summed E-state index contributed by atoms with van der Waals surface area (Å²) in [7, 11) is 0. The molecule has 10 nitrogen and oxygen atoms in total. The Balaban J connectivity index is 5.13. The van der Waals surface area contributed by atoms with E-state index in [-0.39, 0.29) is 0 Å². The Kier molecular flexibility index (Phi) is 3.45. The number of nitrogens with zero attached hydrogens (tertiary/aromatic N) is 2. The van der Waals surface area contributed by atoms with Gasteiger partial charge in [-0.05, 0) is 0 Å². The summed E-state index contributed by atoms with van der Waals surface area (Å²) in [5, 5.41) is 36.5. The molecule has 0 spiro atoms. The van der Waals surface area contributed by atoms with Crippen molar-refractivity contribution in [3.8, 4) is 0 Å². The van der Waals surface area contributed by atoms with Crippen LogP contribution >= 0.6 is 0 Å². The SMILES string of the molecule is O=C(O)C(C(C(=O)O)[N+](=O)[O-])[N+](=O)[O-]. The Morgan fingerprint density at radius 1 is 0.929 bits per heavy atom. The first-order valence-corrected chi connectivity index (χ1v) is 3.01. The Morgan fingerprint density at radius 2 is 1.14 bits per heavy atom. The fraction of sp³-hybridized carbons (Fsp3) is 0.500. The molecular weight excluding hydrogens is 204 g/mol. The van der Waals surface area contributed by atoms with E-state index in [0.29, 0.717) is 0 Å². The molecule has 0 aromatic heterocycles. The second-order valence-corrected chi connectivity index (χ2v) is 2.14. The van der Waals surface area contributed by atoms with Crippen molar-refractivity contribution in [2.75, 3.05) is 0 Å². The lowest BCUT2D eigenvalue weighted by atomic mass is 10.1. The van der Waals surface area contributed by atoms with Gasteiger partial charge in [-0.3, -0.25) is 20.2 Å². The normalized spacial score (nSPS) is 14.0. The Morgan fingerprint density at radius 3 is 1.21 bits per heavy atom. The van der Waals surface area contributed by atoms with Gasteiger partial charge in [0.2, 0.25) is 0 Å². The predicted octanol–water partition coefficient (Wildman–Crippen LogP) is -1.55. The van der Waals surface area contributed by atoms with E-state index in [2.05, 4.69) is 0 Å². The van der Waals surface area contributed by atoms with Crippen molar-refractivity contribution >= 4 is 11.9 Å². The molecule has 78 valence electrons. The van der Waals surface area contributed by atoms with E-state index in [1.54, 1.807) is 0 Å². The molecule has 0 bridgehead atoms. The van der Waals surface area contributed by atoms with Gasteiger partial charge in [0.05, 0.1) is 0 Å². The third kappa shape index (κ3) is 2.36. The molecule has 2 atom stereocenters. The van der Waals surface area contributed by atoms with Crippen LogP contribution in [0, 0.1) is 20.2 Å². The Labute approximate surface area is 75.1 Å². The third-order valence-corrected chi connectivity index (χ3v) is 1.26. The molecular formula is C4H4N2O8. The van der Waals surface area contributed by atoms with Crippen LogP contribution in [0.2, 0.25) is 0 Å². The Hall–Kier alpha value is -2.26. The molecule has 0 radical (unpaired) electrons. The van der Waals surface area contributed by atoms with Crippen LogP contribution in [0.15, 0.2) is 0 Å². The fourth-order valence-electron chi connectivity index (χ4n) is 0.681. The molecule has 2 unspecified atom stereocenters. The van der Waals surface area contributed by atoms with Crippen molar-refractivity contribution in [2.24, 2.45) is 0 Å². The lowest BCUT2D eigenvalue weighted by Crippen LogP contribution is -2.49. The molecule has 0 saturated heterocycles. The van der Waals surface area contributed by atoms with E-state index >= 15 is 0 Å². The molecule has 14 heavy (non-hydrogen) atoms. The molecule has 0 heterocycles. The van der Waals surface area contributed by atoms with Gasteiger partial charge in [-0.15, -0.1) is 0 Å². The summed E-state index contributed by atoms with van der Waals surface area (Å²) >= 11 is 0. The van der Waals surface area contributed by atoms with Crippen molar-refractivity contribution in [3.63, 3.8) is 0 Å². The molecule has 0 aromatic carbocycles. The van der Waals surface area contributed by atoms with Gasteiger partial charge in [0.25, 0.3) is 0 Å². The molecule has 0 aliphatic carbocycles. The van der Waals surface area contributed by atoms with Crippen LogP contribution in [0.1, 0.15) is 0 Å². The van der Waals surface area contributed by atoms with Gasteiger partial charge >= 0.3 is 24.0 Å². The molecule has 0 saturated carbocycles. The summed E-state index contributed by atoms with van der Waals surface area (Å²) in [6.45, 7) is 0. The standard InChI is InChI=1S/C4H4N2O8/c7-3(8)1(5(11)12)2(4(9)10)6(13)14/h1-2H,(H,7,8)(H,9,10). The summed E-state index contributed by atoms with van der Waals surface area (Å²) in [4.78, 5) is 37.4. The van der Waals surface area contributed by atoms with Gasteiger partial charge in [0.1, 0.15) is 0 Å². The van der Waals surface area contributed by atoms with Gasteiger partial charge in [-0.2, -0.15) is 0 Å². The van der Waals surface area contributed by atoms with Crippen molar-refractivity contribution in [3.05, 3.63) is 20.2 Å². The van der Waals surface area contributed by atoms with Gasteiger partial charge < -0.3 is 10.2 Å². The fourth-order valence-corrected chi connectivity index (χ4v) is 0.681. The predicted molar refractivity (Wildman–Crippen MR) is 36.8 cm³/mol.